The zero-order chi connectivity index (χ0) is 20.6. The summed E-state index contributed by atoms with van der Waals surface area (Å²) < 4.78 is 0. The smallest absolute Gasteiger partial charge is 0.251 e. The molecule has 1 saturated heterocycles. The van der Waals surface area contributed by atoms with Crippen molar-refractivity contribution >= 4 is 11.7 Å². The topological polar surface area (TPSA) is 57.3 Å². The highest BCUT2D eigenvalue weighted by atomic mass is 16.1. The maximum Gasteiger partial charge on any atom is 0.251 e. The van der Waals surface area contributed by atoms with E-state index in [1.54, 1.807) is 12.3 Å². The maximum absolute atomic E-state index is 12.5. The number of piperidine rings is 1. The van der Waals surface area contributed by atoms with Gasteiger partial charge in [0.2, 0.25) is 0 Å². The third-order valence-electron chi connectivity index (χ3n) is 5.51. The second kappa shape index (κ2) is 10.0. The number of anilines is 1. The third kappa shape index (κ3) is 5.67. The Balaban J connectivity index is 1.27. The van der Waals surface area contributed by atoms with E-state index in [0.717, 1.165) is 43.9 Å². The number of aromatic nitrogens is 1. The Morgan fingerprint density at radius 3 is 2.30 bits per heavy atom. The molecule has 1 aliphatic rings. The quantitative estimate of drug-likeness (QED) is 0.627. The van der Waals surface area contributed by atoms with Crippen LogP contribution >= 0.6 is 0 Å². The molecule has 0 bridgehead atoms. The van der Waals surface area contributed by atoms with Crippen molar-refractivity contribution in [3.05, 3.63) is 95.7 Å². The van der Waals surface area contributed by atoms with Gasteiger partial charge in [0.15, 0.2) is 0 Å². The summed E-state index contributed by atoms with van der Waals surface area (Å²) in [5.74, 6) is 0.686. The van der Waals surface area contributed by atoms with Crippen LogP contribution < -0.4 is 10.6 Å². The van der Waals surface area contributed by atoms with Gasteiger partial charge in [0.25, 0.3) is 5.91 Å². The first-order valence-electron chi connectivity index (χ1n) is 10.6. The Hall–Kier alpha value is -3.18. The molecule has 1 aliphatic heterocycles. The lowest BCUT2D eigenvalue weighted by Gasteiger charge is -2.32. The minimum absolute atomic E-state index is 0.0815. The van der Waals surface area contributed by atoms with Crippen LogP contribution in [0.25, 0.3) is 0 Å². The third-order valence-corrected chi connectivity index (χ3v) is 5.51. The number of carbonyl (C=O) groups excluding carboxylic acids is 1. The molecule has 3 aromatic rings. The van der Waals surface area contributed by atoms with Crippen molar-refractivity contribution < 1.29 is 4.79 Å². The summed E-state index contributed by atoms with van der Waals surface area (Å²) in [4.78, 5) is 19.4. The number of nitrogens with zero attached hydrogens (tertiary/aromatic N) is 2. The van der Waals surface area contributed by atoms with Gasteiger partial charge in [-0.2, -0.15) is 0 Å². The number of pyridine rings is 1. The number of rotatable bonds is 7. The van der Waals surface area contributed by atoms with Gasteiger partial charge in [0.1, 0.15) is 5.82 Å². The number of nitrogens with one attached hydrogen (secondary N) is 2. The van der Waals surface area contributed by atoms with Crippen LogP contribution in [0.3, 0.4) is 0 Å². The molecule has 0 aliphatic carbocycles. The summed E-state index contributed by atoms with van der Waals surface area (Å²) in [5, 5.41) is 6.49. The molecule has 4 rings (SSSR count). The van der Waals surface area contributed by atoms with Crippen molar-refractivity contribution in [2.24, 2.45) is 0 Å². The fourth-order valence-corrected chi connectivity index (χ4v) is 3.82. The summed E-state index contributed by atoms with van der Waals surface area (Å²) in [6.07, 6.45) is 3.84. The van der Waals surface area contributed by atoms with E-state index >= 15 is 0 Å². The summed E-state index contributed by atoms with van der Waals surface area (Å²) in [6.45, 7) is 3.64. The van der Waals surface area contributed by atoms with Gasteiger partial charge in [0.05, 0.1) is 0 Å². The molecule has 5 nitrogen and oxygen atoms in total. The van der Waals surface area contributed by atoms with E-state index < -0.39 is 0 Å². The number of amides is 1. The van der Waals surface area contributed by atoms with Gasteiger partial charge in [-0.25, -0.2) is 4.98 Å². The molecule has 0 saturated carbocycles. The first kappa shape index (κ1) is 20.1. The van der Waals surface area contributed by atoms with Crippen molar-refractivity contribution in [3.8, 4) is 0 Å². The van der Waals surface area contributed by atoms with E-state index in [4.69, 9.17) is 0 Å². The van der Waals surface area contributed by atoms with E-state index in [9.17, 15) is 4.79 Å². The molecule has 0 atom stereocenters. The van der Waals surface area contributed by atoms with Crippen LogP contribution in [0.1, 0.15) is 34.3 Å². The Kier molecular flexibility index (Phi) is 6.72. The van der Waals surface area contributed by atoms with Crippen molar-refractivity contribution in [2.45, 2.75) is 32.0 Å². The van der Waals surface area contributed by atoms with Crippen LogP contribution in [0, 0.1) is 0 Å². The van der Waals surface area contributed by atoms with E-state index in [-0.39, 0.29) is 5.91 Å². The van der Waals surface area contributed by atoms with Crippen molar-refractivity contribution in [2.75, 3.05) is 18.4 Å². The molecular formula is C25H28N4O. The van der Waals surface area contributed by atoms with Gasteiger partial charge in [-0.3, -0.25) is 9.69 Å². The Morgan fingerprint density at radius 2 is 1.60 bits per heavy atom. The number of hydrogen-bond donors (Lipinski definition) is 2. The largest absolute Gasteiger partial charge is 0.367 e. The van der Waals surface area contributed by atoms with Crippen LogP contribution in [0.15, 0.2) is 79.0 Å². The van der Waals surface area contributed by atoms with Gasteiger partial charge in [-0.1, -0.05) is 60.7 Å². The summed E-state index contributed by atoms with van der Waals surface area (Å²) in [6, 6.07) is 24.5. The molecule has 1 fully saturated rings. The number of hydrogen-bond acceptors (Lipinski definition) is 4. The van der Waals surface area contributed by atoms with Crippen LogP contribution in [-0.2, 0) is 13.1 Å². The lowest BCUT2D eigenvalue weighted by Crippen LogP contribution is -2.38. The zero-order valence-corrected chi connectivity index (χ0v) is 17.1. The Morgan fingerprint density at radius 1 is 0.933 bits per heavy atom. The lowest BCUT2D eigenvalue weighted by molar-refractivity contribution is 0.0951. The molecule has 2 aromatic carbocycles. The predicted molar refractivity (Wildman–Crippen MR) is 120 cm³/mol. The predicted octanol–water partition coefficient (Wildman–Crippen LogP) is 4.09. The second-order valence-electron chi connectivity index (χ2n) is 7.78. The molecule has 30 heavy (non-hydrogen) atoms. The number of benzene rings is 2. The molecular weight excluding hydrogens is 372 g/mol. The standard InChI is InChI=1S/C25H28N4O/c30-25(27-18-20-7-3-1-4-8-20)22-11-14-26-24(17-22)28-23-12-15-29(16-13-23)19-21-9-5-2-6-10-21/h1-11,14,17,23H,12-13,15-16,18-19H2,(H,26,28)(H,27,30). The van der Waals surface area contributed by atoms with Crippen molar-refractivity contribution in [1.82, 2.24) is 15.2 Å². The molecule has 5 heteroatoms. The van der Waals surface area contributed by atoms with Gasteiger partial charge in [-0.15, -0.1) is 0 Å². The van der Waals surface area contributed by atoms with E-state index in [0.29, 0.717) is 18.2 Å². The van der Waals surface area contributed by atoms with Crippen molar-refractivity contribution in [3.63, 3.8) is 0 Å². The van der Waals surface area contributed by atoms with Crippen molar-refractivity contribution in [1.29, 1.82) is 0 Å². The van der Waals surface area contributed by atoms with Gasteiger partial charge in [0, 0.05) is 44.0 Å². The second-order valence-corrected chi connectivity index (χ2v) is 7.78. The number of likely N-dealkylation sites (tertiary alicyclic amines) is 1. The molecule has 0 unspecified atom stereocenters. The first-order valence-corrected chi connectivity index (χ1v) is 10.6. The van der Waals surface area contributed by atoms with Gasteiger partial charge >= 0.3 is 0 Å². The molecule has 2 heterocycles. The minimum Gasteiger partial charge on any atom is -0.367 e. The molecule has 0 radical (unpaired) electrons. The Labute approximate surface area is 178 Å². The highest BCUT2D eigenvalue weighted by molar-refractivity contribution is 5.94. The van der Waals surface area contributed by atoms with E-state index in [2.05, 4.69) is 50.8 Å². The normalized spacial score (nSPS) is 14.9. The lowest BCUT2D eigenvalue weighted by atomic mass is 10.0. The first-order chi connectivity index (χ1) is 14.8. The minimum atomic E-state index is -0.0815. The molecule has 1 amide bonds. The maximum atomic E-state index is 12.5. The van der Waals surface area contributed by atoms with Crippen LogP contribution in [0.4, 0.5) is 5.82 Å². The number of carbonyl (C=O) groups is 1. The van der Waals surface area contributed by atoms with Gasteiger partial charge in [-0.05, 0) is 36.1 Å². The van der Waals surface area contributed by atoms with Crippen LogP contribution in [-0.4, -0.2) is 34.9 Å². The Bertz CT molecular complexity index is 938. The fraction of sp³-hybridized carbons (Fsp3) is 0.280. The van der Waals surface area contributed by atoms with Crippen LogP contribution in [0.2, 0.25) is 0 Å². The summed E-state index contributed by atoms with van der Waals surface area (Å²) in [7, 11) is 0. The van der Waals surface area contributed by atoms with E-state index in [1.807, 2.05) is 36.4 Å². The van der Waals surface area contributed by atoms with Crippen LogP contribution in [0.5, 0.6) is 0 Å². The SMILES string of the molecule is O=C(NCc1ccccc1)c1ccnc(NC2CCN(Cc3ccccc3)CC2)c1. The molecule has 0 spiro atoms. The molecule has 1 aromatic heterocycles. The van der Waals surface area contributed by atoms with Gasteiger partial charge < -0.3 is 10.6 Å². The molecule has 2 N–H and O–H groups in total. The van der Waals surface area contributed by atoms with E-state index in [1.165, 1.54) is 5.56 Å². The average molecular weight is 401 g/mol. The zero-order valence-electron chi connectivity index (χ0n) is 17.1. The summed E-state index contributed by atoms with van der Waals surface area (Å²) >= 11 is 0. The average Bonchev–Trinajstić information content (AvgIpc) is 2.80. The monoisotopic (exact) mass is 400 g/mol. The summed E-state index contributed by atoms with van der Waals surface area (Å²) in [5.41, 5.74) is 3.07. The fourth-order valence-electron chi connectivity index (χ4n) is 3.82. The highest BCUT2D eigenvalue weighted by Crippen LogP contribution is 2.18. The molecule has 154 valence electrons. The highest BCUT2D eigenvalue weighted by Gasteiger charge is 2.19.